The van der Waals surface area contributed by atoms with Gasteiger partial charge in [-0.2, -0.15) is 0 Å². The number of aryl methyl sites for hydroxylation is 1. The zero-order valence-electron chi connectivity index (χ0n) is 12.4. The summed E-state index contributed by atoms with van der Waals surface area (Å²) in [5.41, 5.74) is 1.91. The predicted molar refractivity (Wildman–Crippen MR) is 90.0 cm³/mol. The van der Waals surface area contributed by atoms with Crippen molar-refractivity contribution in [1.82, 2.24) is 10.2 Å². The molecule has 0 radical (unpaired) electrons. The number of hydrogen-bond donors (Lipinski definition) is 2. The molecule has 2 aromatic rings. The van der Waals surface area contributed by atoms with E-state index < -0.39 is 0 Å². The highest BCUT2D eigenvalue weighted by Crippen LogP contribution is 2.20. The molecule has 6 heteroatoms. The van der Waals surface area contributed by atoms with Crippen molar-refractivity contribution in [2.75, 3.05) is 32.5 Å². The molecule has 0 saturated carbocycles. The summed E-state index contributed by atoms with van der Waals surface area (Å²) in [4.78, 5) is 13.5. The molecule has 2 rings (SSSR count). The maximum atomic E-state index is 11.4. The Morgan fingerprint density at radius 3 is 2.81 bits per heavy atom. The molecule has 0 spiro atoms. The minimum absolute atomic E-state index is 0.344. The summed E-state index contributed by atoms with van der Waals surface area (Å²) in [5, 5.41) is 7.68. The molecule has 0 fully saturated rings. The Morgan fingerprint density at radius 1 is 1.33 bits per heavy atom. The van der Waals surface area contributed by atoms with Crippen LogP contribution >= 0.6 is 12.2 Å². The molecule has 0 atom stereocenters. The number of benzene rings is 1. The van der Waals surface area contributed by atoms with E-state index >= 15 is 0 Å². The van der Waals surface area contributed by atoms with Crippen molar-refractivity contribution < 1.29 is 4.42 Å². The molecule has 5 nitrogen and oxygen atoms in total. The Bertz CT molecular complexity index is 710. The summed E-state index contributed by atoms with van der Waals surface area (Å²) in [7, 11) is 4.01. The van der Waals surface area contributed by atoms with E-state index in [-0.39, 0.29) is 5.63 Å². The van der Waals surface area contributed by atoms with Gasteiger partial charge in [-0.3, -0.25) is 0 Å². The summed E-state index contributed by atoms with van der Waals surface area (Å²) in [6.45, 7) is 3.55. The van der Waals surface area contributed by atoms with Crippen LogP contribution in [0.2, 0.25) is 0 Å². The summed E-state index contributed by atoms with van der Waals surface area (Å²) in [6.07, 6.45) is 0. The maximum Gasteiger partial charge on any atom is 0.336 e. The monoisotopic (exact) mass is 305 g/mol. The van der Waals surface area contributed by atoms with Crippen molar-refractivity contribution in [1.29, 1.82) is 0 Å². The highest BCUT2D eigenvalue weighted by Gasteiger charge is 2.04. The normalized spacial score (nSPS) is 10.9. The van der Waals surface area contributed by atoms with Gasteiger partial charge in [0.15, 0.2) is 5.11 Å². The molecule has 112 valence electrons. The smallest absolute Gasteiger partial charge is 0.336 e. The van der Waals surface area contributed by atoms with Crippen LogP contribution in [0.4, 0.5) is 5.69 Å². The largest absolute Gasteiger partial charge is 0.423 e. The van der Waals surface area contributed by atoms with E-state index in [0.717, 1.165) is 29.7 Å². The van der Waals surface area contributed by atoms with Crippen LogP contribution in [0.1, 0.15) is 5.56 Å². The lowest BCUT2D eigenvalue weighted by molar-refractivity contribution is 0.413. The molecule has 1 aromatic heterocycles. The van der Waals surface area contributed by atoms with Gasteiger partial charge < -0.3 is 20.0 Å². The third kappa shape index (κ3) is 4.27. The second-order valence-corrected chi connectivity index (χ2v) is 5.55. The maximum absolute atomic E-state index is 11.4. The molecule has 0 aliphatic rings. The molecule has 1 heterocycles. The first-order valence-electron chi connectivity index (χ1n) is 6.70. The highest BCUT2D eigenvalue weighted by atomic mass is 32.1. The Morgan fingerprint density at radius 2 is 2.10 bits per heavy atom. The zero-order chi connectivity index (χ0) is 15.4. The molecular weight excluding hydrogens is 286 g/mol. The molecule has 0 aliphatic heterocycles. The molecule has 2 N–H and O–H groups in total. The van der Waals surface area contributed by atoms with Crippen LogP contribution in [-0.2, 0) is 0 Å². The first-order valence-corrected chi connectivity index (χ1v) is 7.10. The fourth-order valence-electron chi connectivity index (χ4n) is 1.97. The first kappa shape index (κ1) is 15.5. The predicted octanol–water partition coefficient (Wildman–Crippen LogP) is 1.95. The summed E-state index contributed by atoms with van der Waals surface area (Å²) >= 11 is 5.23. The van der Waals surface area contributed by atoms with Crippen molar-refractivity contribution in [3.63, 3.8) is 0 Å². The van der Waals surface area contributed by atoms with Gasteiger partial charge in [-0.15, -0.1) is 0 Å². The van der Waals surface area contributed by atoms with Crippen molar-refractivity contribution in [3.05, 3.63) is 40.2 Å². The number of anilines is 1. The number of nitrogens with one attached hydrogen (secondary N) is 2. The Labute approximate surface area is 128 Å². The third-order valence-corrected chi connectivity index (χ3v) is 3.30. The van der Waals surface area contributed by atoms with Crippen LogP contribution in [0.5, 0.6) is 0 Å². The molecule has 0 unspecified atom stereocenters. The average molecular weight is 305 g/mol. The minimum Gasteiger partial charge on any atom is -0.423 e. The number of rotatable bonds is 4. The van der Waals surface area contributed by atoms with Crippen LogP contribution in [0.15, 0.2) is 33.5 Å². The van der Waals surface area contributed by atoms with E-state index in [4.69, 9.17) is 16.6 Å². The first-order chi connectivity index (χ1) is 9.95. The number of hydrogen-bond acceptors (Lipinski definition) is 4. The van der Waals surface area contributed by atoms with E-state index in [1.807, 2.05) is 33.2 Å². The van der Waals surface area contributed by atoms with E-state index in [9.17, 15) is 4.79 Å². The number of likely N-dealkylation sites (N-methyl/N-ethyl adjacent to an activating group) is 1. The summed E-state index contributed by atoms with van der Waals surface area (Å²) in [5.74, 6) is 0. The fraction of sp³-hybridized carbons (Fsp3) is 0.333. The number of thiocarbonyl (C=S) groups is 1. The molecule has 1 aromatic carbocycles. The lowest BCUT2D eigenvalue weighted by atomic mass is 10.1. The van der Waals surface area contributed by atoms with Crippen molar-refractivity contribution in [2.45, 2.75) is 6.92 Å². The van der Waals surface area contributed by atoms with Crippen LogP contribution < -0.4 is 16.3 Å². The van der Waals surface area contributed by atoms with E-state index in [0.29, 0.717) is 10.7 Å². The zero-order valence-corrected chi connectivity index (χ0v) is 13.2. The third-order valence-electron chi connectivity index (χ3n) is 3.05. The number of nitrogens with zero attached hydrogens (tertiary/aromatic N) is 1. The standard InChI is InChI=1S/C15H19N3O2S/c1-10-8-14(19)20-13-9-11(4-5-12(10)13)17-15(21)16-6-7-18(2)3/h4-5,8-9H,6-7H2,1-3H3,(H2,16,17,21). The van der Waals surface area contributed by atoms with Crippen molar-refractivity contribution in [2.24, 2.45) is 0 Å². The van der Waals surface area contributed by atoms with E-state index in [2.05, 4.69) is 15.5 Å². The van der Waals surface area contributed by atoms with E-state index in [1.54, 1.807) is 6.07 Å². The molecule has 0 saturated heterocycles. The van der Waals surface area contributed by atoms with Gasteiger partial charge in [-0.05, 0) is 50.9 Å². The Kier molecular flexibility index (Phi) is 4.93. The molecule has 0 amide bonds. The molecule has 0 bridgehead atoms. The Balaban J connectivity index is 2.09. The van der Waals surface area contributed by atoms with Crippen molar-refractivity contribution >= 4 is 34.0 Å². The van der Waals surface area contributed by atoms with E-state index in [1.165, 1.54) is 6.07 Å². The molecule has 21 heavy (non-hydrogen) atoms. The van der Waals surface area contributed by atoms with Gasteiger partial charge in [0.25, 0.3) is 0 Å². The summed E-state index contributed by atoms with van der Waals surface area (Å²) in [6, 6.07) is 7.10. The second kappa shape index (κ2) is 6.69. The van der Waals surface area contributed by atoms with Gasteiger partial charge >= 0.3 is 5.63 Å². The van der Waals surface area contributed by atoms with Gasteiger partial charge in [0, 0.05) is 36.3 Å². The lowest BCUT2D eigenvalue weighted by Gasteiger charge is -2.13. The van der Waals surface area contributed by atoms with Gasteiger partial charge in [0.2, 0.25) is 0 Å². The van der Waals surface area contributed by atoms with Crippen LogP contribution in [0.3, 0.4) is 0 Å². The van der Waals surface area contributed by atoms with Gasteiger partial charge in [0.05, 0.1) is 0 Å². The van der Waals surface area contributed by atoms with Crippen LogP contribution in [0, 0.1) is 6.92 Å². The Hall–Kier alpha value is -1.92. The van der Waals surface area contributed by atoms with Gasteiger partial charge in [-0.1, -0.05) is 0 Å². The fourth-order valence-corrected chi connectivity index (χ4v) is 2.19. The van der Waals surface area contributed by atoms with Gasteiger partial charge in [0.1, 0.15) is 5.58 Å². The van der Waals surface area contributed by atoms with Crippen LogP contribution in [0.25, 0.3) is 11.0 Å². The SMILES string of the molecule is Cc1cc(=O)oc2cc(NC(=S)NCCN(C)C)ccc12. The molecule has 0 aliphatic carbocycles. The highest BCUT2D eigenvalue weighted by molar-refractivity contribution is 7.80. The minimum atomic E-state index is -0.344. The summed E-state index contributed by atoms with van der Waals surface area (Å²) < 4.78 is 5.21. The van der Waals surface area contributed by atoms with Crippen molar-refractivity contribution in [3.8, 4) is 0 Å². The molecular formula is C15H19N3O2S. The number of fused-ring (bicyclic) bond motifs is 1. The second-order valence-electron chi connectivity index (χ2n) is 5.14. The average Bonchev–Trinajstić information content (AvgIpc) is 2.37. The van der Waals surface area contributed by atoms with Crippen LogP contribution in [-0.4, -0.2) is 37.2 Å². The quantitative estimate of drug-likeness (QED) is 0.665. The lowest BCUT2D eigenvalue weighted by Crippen LogP contribution is -2.34. The topological polar surface area (TPSA) is 57.5 Å². The van der Waals surface area contributed by atoms with Gasteiger partial charge in [-0.25, -0.2) is 4.79 Å².